The average Bonchev–Trinajstić information content (AvgIpc) is 2.22. The van der Waals surface area contributed by atoms with Crippen molar-refractivity contribution in [2.45, 2.75) is 63.8 Å². The first-order valence-electron chi connectivity index (χ1n) is 6.15. The Labute approximate surface area is 93.6 Å². The summed E-state index contributed by atoms with van der Waals surface area (Å²) in [7, 11) is 0. The lowest BCUT2D eigenvalue weighted by atomic mass is 9.88. The van der Waals surface area contributed by atoms with Gasteiger partial charge in [-0.2, -0.15) is 0 Å². The molecule has 0 saturated heterocycles. The SMILES string of the molecule is CCC(CC)NCC1CCCCC1Cl. The van der Waals surface area contributed by atoms with Gasteiger partial charge in [-0.15, -0.1) is 11.6 Å². The molecule has 1 aliphatic carbocycles. The van der Waals surface area contributed by atoms with E-state index in [1.807, 2.05) is 0 Å². The summed E-state index contributed by atoms with van der Waals surface area (Å²) < 4.78 is 0. The lowest BCUT2D eigenvalue weighted by Crippen LogP contribution is -2.36. The van der Waals surface area contributed by atoms with Gasteiger partial charge in [-0.05, 0) is 38.1 Å². The molecule has 2 unspecified atom stereocenters. The van der Waals surface area contributed by atoms with Crippen molar-refractivity contribution in [1.82, 2.24) is 5.32 Å². The molecule has 0 heterocycles. The van der Waals surface area contributed by atoms with Crippen LogP contribution in [0.1, 0.15) is 52.4 Å². The first kappa shape index (κ1) is 12.3. The van der Waals surface area contributed by atoms with Crippen LogP contribution in [0.2, 0.25) is 0 Å². The monoisotopic (exact) mass is 217 g/mol. The zero-order valence-electron chi connectivity index (χ0n) is 9.56. The molecule has 1 fully saturated rings. The highest BCUT2D eigenvalue weighted by atomic mass is 35.5. The van der Waals surface area contributed by atoms with Crippen molar-refractivity contribution < 1.29 is 0 Å². The Bertz CT molecular complexity index is 145. The van der Waals surface area contributed by atoms with Gasteiger partial charge in [-0.25, -0.2) is 0 Å². The smallest absolute Gasteiger partial charge is 0.0376 e. The van der Waals surface area contributed by atoms with E-state index in [4.69, 9.17) is 11.6 Å². The molecule has 1 rings (SSSR count). The molecule has 0 aromatic rings. The van der Waals surface area contributed by atoms with Crippen LogP contribution in [0.3, 0.4) is 0 Å². The third-order valence-corrected chi connectivity index (χ3v) is 4.05. The van der Waals surface area contributed by atoms with Gasteiger partial charge in [0, 0.05) is 11.4 Å². The lowest BCUT2D eigenvalue weighted by Gasteiger charge is -2.28. The van der Waals surface area contributed by atoms with Gasteiger partial charge in [-0.1, -0.05) is 26.7 Å². The summed E-state index contributed by atoms with van der Waals surface area (Å²) in [5.74, 6) is 0.714. The molecule has 0 aliphatic heterocycles. The summed E-state index contributed by atoms with van der Waals surface area (Å²) in [4.78, 5) is 0. The van der Waals surface area contributed by atoms with Gasteiger partial charge >= 0.3 is 0 Å². The van der Waals surface area contributed by atoms with Crippen molar-refractivity contribution in [3.8, 4) is 0 Å². The summed E-state index contributed by atoms with van der Waals surface area (Å²) in [6.45, 7) is 5.63. The van der Waals surface area contributed by atoms with E-state index in [0.717, 1.165) is 6.54 Å². The average molecular weight is 218 g/mol. The third kappa shape index (κ3) is 3.78. The Hall–Kier alpha value is 0.250. The topological polar surface area (TPSA) is 12.0 Å². The molecular weight excluding hydrogens is 194 g/mol. The zero-order chi connectivity index (χ0) is 10.4. The predicted molar refractivity (Wildman–Crippen MR) is 64.0 cm³/mol. The first-order chi connectivity index (χ1) is 6.77. The molecule has 0 spiro atoms. The minimum atomic E-state index is 0.422. The molecule has 1 saturated carbocycles. The Morgan fingerprint density at radius 3 is 2.43 bits per heavy atom. The van der Waals surface area contributed by atoms with Crippen LogP contribution in [0, 0.1) is 5.92 Å². The van der Waals surface area contributed by atoms with E-state index in [0.29, 0.717) is 17.3 Å². The van der Waals surface area contributed by atoms with E-state index >= 15 is 0 Å². The van der Waals surface area contributed by atoms with E-state index in [1.54, 1.807) is 0 Å². The maximum atomic E-state index is 6.31. The fraction of sp³-hybridized carbons (Fsp3) is 1.00. The first-order valence-corrected chi connectivity index (χ1v) is 6.59. The molecule has 2 atom stereocenters. The standard InChI is InChI=1S/C12H24ClN/c1-3-11(4-2)14-9-10-7-5-6-8-12(10)13/h10-12,14H,3-9H2,1-2H3. The number of hydrogen-bond donors (Lipinski definition) is 1. The van der Waals surface area contributed by atoms with Crippen LogP contribution < -0.4 is 5.32 Å². The molecule has 84 valence electrons. The lowest BCUT2D eigenvalue weighted by molar-refractivity contribution is 0.328. The molecule has 0 aromatic heterocycles. The van der Waals surface area contributed by atoms with E-state index < -0.39 is 0 Å². The number of hydrogen-bond acceptors (Lipinski definition) is 1. The van der Waals surface area contributed by atoms with Crippen molar-refractivity contribution >= 4 is 11.6 Å². The van der Waals surface area contributed by atoms with E-state index in [9.17, 15) is 0 Å². The second-order valence-corrected chi connectivity index (χ2v) is 5.04. The van der Waals surface area contributed by atoms with Crippen molar-refractivity contribution in [1.29, 1.82) is 0 Å². The van der Waals surface area contributed by atoms with Gasteiger partial charge in [0.1, 0.15) is 0 Å². The highest BCUT2D eigenvalue weighted by Crippen LogP contribution is 2.28. The maximum absolute atomic E-state index is 6.31. The van der Waals surface area contributed by atoms with Crippen molar-refractivity contribution in [2.24, 2.45) is 5.92 Å². The van der Waals surface area contributed by atoms with Gasteiger partial charge in [-0.3, -0.25) is 0 Å². The number of rotatable bonds is 5. The van der Waals surface area contributed by atoms with Crippen molar-refractivity contribution in [3.05, 3.63) is 0 Å². The summed E-state index contributed by atoms with van der Waals surface area (Å²) >= 11 is 6.31. The largest absolute Gasteiger partial charge is 0.314 e. The third-order valence-electron chi connectivity index (χ3n) is 3.47. The van der Waals surface area contributed by atoms with Gasteiger partial charge < -0.3 is 5.32 Å². The highest BCUT2D eigenvalue weighted by Gasteiger charge is 2.23. The van der Waals surface area contributed by atoms with Crippen LogP contribution in [0.15, 0.2) is 0 Å². The van der Waals surface area contributed by atoms with E-state index in [-0.39, 0.29) is 0 Å². The second kappa shape index (κ2) is 6.68. The van der Waals surface area contributed by atoms with Crippen molar-refractivity contribution in [3.63, 3.8) is 0 Å². The summed E-state index contributed by atoms with van der Waals surface area (Å²) in [6.07, 6.45) is 7.71. The quantitative estimate of drug-likeness (QED) is 0.695. The zero-order valence-corrected chi connectivity index (χ0v) is 10.3. The van der Waals surface area contributed by atoms with Crippen molar-refractivity contribution in [2.75, 3.05) is 6.54 Å². The van der Waals surface area contributed by atoms with E-state index in [2.05, 4.69) is 19.2 Å². The summed E-state index contributed by atoms with van der Waals surface area (Å²) in [5.41, 5.74) is 0. The van der Waals surface area contributed by atoms with E-state index in [1.165, 1.54) is 38.5 Å². The fourth-order valence-electron chi connectivity index (χ4n) is 2.29. The van der Waals surface area contributed by atoms with Gasteiger partial charge in [0.25, 0.3) is 0 Å². The molecule has 0 amide bonds. The Kier molecular flexibility index (Phi) is 5.88. The number of alkyl halides is 1. The highest BCUT2D eigenvalue weighted by molar-refractivity contribution is 6.20. The number of nitrogens with one attached hydrogen (secondary N) is 1. The minimum Gasteiger partial charge on any atom is -0.314 e. The normalized spacial score (nSPS) is 28.3. The molecule has 0 radical (unpaired) electrons. The van der Waals surface area contributed by atoms with Crippen LogP contribution in [-0.2, 0) is 0 Å². The van der Waals surface area contributed by atoms with Crippen LogP contribution >= 0.6 is 11.6 Å². The van der Waals surface area contributed by atoms with Gasteiger partial charge in [0.2, 0.25) is 0 Å². The van der Waals surface area contributed by atoms with Crippen LogP contribution in [-0.4, -0.2) is 18.0 Å². The molecule has 1 aliphatic rings. The second-order valence-electron chi connectivity index (χ2n) is 4.48. The Balaban J connectivity index is 2.21. The molecule has 1 nitrogen and oxygen atoms in total. The predicted octanol–water partition coefficient (Wildman–Crippen LogP) is 3.56. The van der Waals surface area contributed by atoms with Gasteiger partial charge in [0.05, 0.1) is 0 Å². The molecule has 1 N–H and O–H groups in total. The maximum Gasteiger partial charge on any atom is 0.0376 e. The molecule has 0 bridgehead atoms. The molecule has 0 aromatic carbocycles. The van der Waals surface area contributed by atoms with Crippen LogP contribution in [0.5, 0.6) is 0 Å². The Morgan fingerprint density at radius 1 is 1.21 bits per heavy atom. The summed E-state index contributed by atoms with van der Waals surface area (Å²) in [5, 5.41) is 4.06. The van der Waals surface area contributed by atoms with Crippen LogP contribution in [0.4, 0.5) is 0 Å². The molecular formula is C12H24ClN. The molecule has 2 heteroatoms. The summed E-state index contributed by atoms with van der Waals surface area (Å²) in [6, 6.07) is 0.695. The molecule has 14 heavy (non-hydrogen) atoms. The minimum absolute atomic E-state index is 0.422. The fourth-order valence-corrected chi connectivity index (χ4v) is 2.66. The Morgan fingerprint density at radius 2 is 1.86 bits per heavy atom. The number of halogens is 1. The van der Waals surface area contributed by atoms with Gasteiger partial charge in [0.15, 0.2) is 0 Å². The van der Waals surface area contributed by atoms with Crippen LogP contribution in [0.25, 0.3) is 0 Å².